The van der Waals surface area contributed by atoms with Crippen molar-refractivity contribution in [3.63, 3.8) is 0 Å². The fourth-order valence-electron chi connectivity index (χ4n) is 5.84. The van der Waals surface area contributed by atoms with Crippen molar-refractivity contribution >= 4 is 50.5 Å². The normalized spacial score (nSPS) is 24.1. The molecule has 0 unspecified atom stereocenters. The number of hydrogen-bond donors (Lipinski definition) is 3. The van der Waals surface area contributed by atoms with Gasteiger partial charge in [0.05, 0.1) is 36.8 Å². The minimum Gasteiger partial charge on any atom is -0.497 e. The summed E-state index contributed by atoms with van der Waals surface area (Å²) < 4.78 is 11.8. The first-order valence-electron chi connectivity index (χ1n) is 15.5. The van der Waals surface area contributed by atoms with E-state index in [0.717, 1.165) is 22.0 Å². The number of aromatic nitrogens is 1. The second-order valence-electron chi connectivity index (χ2n) is 12.0. The standard InChI is InChI=1S/C35H43BrN4O6/c1-21-10-15-31(41)37-20-32(42)40(4)30(18-27-26-8-6-7-9-28(26)38-34(27)36)35(44)39-29(24-11-13-25(45-5)14-12-24)19-33(43)46-23(3)17-22(2)16-21/h6-9,11-14,16,22-23,29-30,38H,10,15,17-20H2,1-5H3,(H,37,41)(H,39,44)/b21-16+/t22-,23-,29+,30+/m0/s1. The molecular weight excluding hydrogens is 652 g/mol. The fourth-order valence-corrected chi connectivity index (χ4v) is 6.43. The number of ether oxygens (including phenoxy) is 2. The molecule has 246 valence electrons. The van der Waals surface area contributed by atoms with Crippen LogP contribution >= 0.6 is 15.9 Å². The summed E-state index contributed by atoms with van der Waals surface area (Å²) in [5, 5.41) is 6.67. The van der Waals surface area contributed by atoms with Crippen LogP contribution in [0.15, 0.2) is 64.8 Å². The molecular formula is C35H43BrN4O6. The number of carbonyl (C=O) groups is 4. The van der Waals surface area contributed by atoms with Crippen LogP contribution in [0.5, 0.6) is 5.75 Å². The number of cyclic esters (lactones) is 1. The molecule has 0 aliphatic carbocycles. The van der Waals surface area contributed by atoms with Crippen LogP contribution in [0.4, 0.5) is 0 Å². The van der Waals surface area contributed by atoms with E-state index in [1.165, 1.54) is 4.90 Å². The zero-order chi connectivity index (χ0) is 33.4. The summed E-state index contributed by atoms with van der Waals surface area (Å²) in [6.45, 7) is 5.60. The van der Waals surface area contributed by atoms with Crippen LogP contribution < -0.4 is 15.4 Å². The Morgan fingerprint density at radius 2 is 1.74 bits per heavy atom. The highest BCUT2D eigenvalue weighted by molar-refractivity contribution is 9.10. The molecule has 3 N–H and O–H groups in total. The number of halogens is 1. The maximum absolute atomic E-state index is 14.2. The van der Waals surface area contributed by atoms with Crippen molar-refractivity contribution in [2.24, 2.45) is 5.92 Å². The van der Waals surface area contributed by atoms with Gasteiger partial charge in [-0.05, 0) is 77.9 Å². The molecule has 11 heteroatoms. The summed E-state index contributed by atoms with van der Waals surface area (Å²) >= 11 is 3.60. The number of amides is 3. The van der Waals surface area contributed by atoms with Crippen LogP contribution in [0.1, 0.15) is 63.6 Å². The number of fused-ring (bicyclic) bond motifs is 1. The summed E-state index contributed by atoms with van der Waals surface area (Å²) in [5.41, 5.74) is 3.43. The van der Waals surface area contributed by atoms with Crippen LogP contribution in [-0.4, -0.2) is 66.4 Å². The van der Waals surface area contributed by atoms with E-state index in [-0.39, 0.29) is 43.7 Å². The van der Waals surface area contributed by atoms with Gasteiger partial charge in [-0.25, -0.2) is 0 Å². The van der Waals surface area contributed by atoms with E-state index < -0.39 is 29.9 Å². The molecule has 2 heterocycles. The quantitative estimate of drug-likeness (QED) is 0.249. The van der Waals surface area contributed by atoms with Crippen molar-refractivity contribution in [1.29, 1.82) is 0 Å². The Balaban J connectivity index is 1.70. The number of nitrogens with one attached hydrogen (secondary N) is 3. The highest BCUT2D eigenvalue weighted by atomic mass is 79.9. The summed E-state index contributed by atoms with van der Waals surface area (Å²) in [6.07, 6.45) is 3.16. The number of allylic oxidation sites excluding steroid dienone is 2. The predicted molar refractivity (Wildman–Crippen MR) is 180 cm³/mol. The monoisotopic (exact) mass is 694 g/mol. The lowest BCUT2D eigenvalue weighted by atomic mass is 9.99. The van der Waals surface area contributed by atoms with Gasteiger partial charge in [-0.2, -0.15) is 0 Å². The lowest BCUT2D eigenvalue weighted by molar-refractivity contribution is -0.149. The van der Waals surface area contributed by atoms with Gasteiger partial charge < -0.3 is 30.0 Å². The molecule has 0 bridgehead atoms. The number of esters is 1. The van der Waals surface area contributed by atoms with Gasteiger partial charge in [-0.1, -0.05) is 48.9 Å². The van der Waals surface area contributed by atoms with Gasteiger partial charge in [0.1, 0.15) is 11.8 Å². The second kappa shape index (κ2) is 15.9. The molecule has 1 aliphatic rings. The number of hydrogen-bond acceptors (Lipinski definition) is 6. The largest absolute Gasteiger partial charge is 0.497 e. The van der Waals surface area contributed by atoms with E-state index in [9.17, 15) is 19.2 Å². The second-order valence-corrected chi connectivity index (χ2v) is 12.8. The number of para-hydroxylation sites is 1. The van der Waals surface area contributed by atoms with Gasteiger partial charge in [-0.3, -0.25) is 19.2 Å². The maximum atomic E-state index is 14.2. The van der Waals surface area contributed by atoms with Gasteiger partial charge >= 0.3 is 5.97 Å². The molecule has 0 fully saturated rings. The van der Waals surface area contributed by atoms with Gasteiger partial charge in [0.25, 0.3) is 0 Å². The third kappa shape index (κ3) is 9.22. The average Bonchev–Trinajstić information content (AvgIpc) is 3.34. The zero-order valence-corrected chi connectivity index (χ0v) is 28.6. The predicted octanol–water partition coefficient (Wildman–Crippen LogP) is 5.37. The first kappa shape index (κ1) is 34.7. The Bertz CT molecular complexity index is 1580. The highest BCUT2D eigenvalue weighted by Gasteiger charge is 2.32. The third-order valence-electron chi connectivity index (χ3n) is 8.32. The summed E-state index contributed by atoms with van der Waals surface area (Å²) in [5.74, 6) is -0.819. The van der Waals surface area contributed by atoms with E-state index in [0.29, 0.717) is 28.8 Å². The number of likely N-dealkylation sites (N-methyl/N-ethyl adjacent to an activating group) is 1. The van der Waals surface area contributed by atoms with Gasteiger partial charge in [0, 0.05) is 30.8 Å². The Hall–Kier alpha value is -4.12. The molecule has 3 amide bonds. The van der Waals surface area contributed by atoms with E-state index in [1.54, 1.807) is 38.4 Å². The van der Waals surface area contributed by atoms with Crippen LogP contribution in [0, 0.1) is 5.92 Å². The van der Waals surface area contributed by atoms with Gasteiger partial charge in [-0.15, -0.1) is 0 Å². The minimum atomic E-state index is -0.969. The van der Waals surface area contributed by atoms with Crippen LogP contribution in [0.3, 0.4) is 0 Å². The van der Waals surface area contributed by atoms with Crippen LogP contribution in [0.25, 0.3) is 10.9 Å². The third-order valence-corrected chi connectivity index (χ3v) is 8.99. The Labute approximate surface area is 278 Å². The van der Waals surface area contributed by atoms with Crippen LogP contribution in [0.2, 0.25) is 0 Å². The van der Waals surface area contributed by atoms with Gasteiger partial charge in [0.2, 0.25) is 17.7 Å². The van der Waals surface area contributed by atoms with Crippen molar-refractivity contribution in [2.45, 2.75) is 71.1 Å². The van der Waals surface area contributed by atoms with Crippen LogP contribution in [-0.2, 0) is 30.3 Å². The maximum Gasteiger partial charge on any atom is 0.308 e. The number of nitrogens with zero attached hydrogens (tertiary/aromatic N) is 1. The number of carbonyl (C=O) groups excluding carboxylic acids is 4. The van der Waals surface area contributed by atoms with Crippen molar-refractivity contribution in [3.05, 3.63) is 75.9 Å². The molecule has 3 aromatic rings. The minimum absolute atomic E-state index is 0.108. The number of rotatable bonds is 4. The zero-order valence-electron chi connectivity index (χ0n) is 27.0. The van der Waals surface area contributed by atoms with E-state index in [4.69, 9.17) is 9.47 Å². The molecule has 46 heavy (non-hydrogen) atoms. The van der Waals surface area contributed by atoms with E-state index >= 15 is 0 Å². The molecule has 10 nitrogen and oxygen atoms in total. The molecule has 0 saturated heterocycles. The molecule has 0 radical (unpaired) electrons. The Morgan fingerprint density at radius 1 is 1.02 bits per heavy atom. The van der Waals surface area contributed by atoms with Crippen molar-refractivity contribution in [2.75, 3.05) is 20.7 Å². The number of aromatic amines is 1. The van der Waals surface area contributed by atoms with E-state index in [1.807, 2.05) is 45.0 Å². The molecule has 0 spiro atoms. The molecule has 1 aliphatic heterocycles. The number of benzene rings is 2. The van der Waals surface area contributed by atoms with Crippen molar-refractivity contribution in [3.8, 4) is 5.75 Å². The molecule has 4 rings (SSSR count). The van der Waals surface area contributed by atoms with E-state index in [2.05, 4.69) is 37.6 Å². The first-order chi connectivity index (χ1) is 21.9. The summed E-state index contributed by atoms with van der Waals surface area (Å²) in [7, 11) is 3.12. The number of methoxy groups -OCH3 is 1. The lowest BCUT2D eigenvalue weighted by Crippen LogP contribution is -2.52. The summed E-state index contributed by atoms with van der Waals surface area (Å²) in [4.78, 5) is 58.2. The Kier molecular flexibility index (Phi) is 12.0. The number of H-pyrrole nitrogens is 1. The molecule has 0 saturated carbocycles. The Morgan fingerprint density at radius 3 is 2.46 bits per heavy atom. The highest BCUT2D eigenvalue weighted by Crippen LogP contribution is 2.29. The fraction of sp³-hybridized carbons (Fsp3) is 0.429. The molecule has 2 aromatic carbocycles. The summed E-state index contributed by atoms with van der Waals surface area (Å²) in [6, 6.07) is 13.1. The SMILES string of the molecule is COc1ccc([C@H]2CC(=O)O[C@@H](C)C[C@@H](C)/C=C(\C)CCC(=O)NCC(=O)N(C)[C@H](Cc3c(Br)[nH]c4ccccc34)C(=O)N2)cc1. The molecule has 4 atom stereocenters. The van der Waals surface area contributed by atoms with Gasteiger partial charge in [0.15, 0.2) is 0 Å². The average molecular weight is 696 g/mol. The first-order valence-corrected chi connectivity index (χ1v) is 16.3. The lowest BCUT2D eigenvalue weighted by Gasteiger charge is -2.30. The topological polar surface area (TPSA) is 130 Å². The van der Waals surface area contributed by atoms with Crippen molar-refractivity contribution in [1.82, 2.24) is 20.5 Å². The molecule has 1 aromatic heterocycles. The van der Waals surface area contributed by atoms with Crippen molar-refractivity contribution < 1.29 is 28.7 Å². The smallest absolute Gasteiger partial charge is 0.308 e.